The Morgan fingerprint density at radius 3 is 2.28 bits per heavy atom. The van der Waals surface area contributed by atoms with E-state index in [2.05, 4.69) is 47.1 Å². The molecule has 0 unspecified atom stereocenters. The van der Waals surface area contributed by atoms with Crippen molar-refractivity contribution in [1.29, 1.82) is 0 Å². The molecule has 32 heavy (non-hydrogen) atoms. The van der Waals surface area contributed by atoms with Crippen LogP contribution in [0.2, 0.25) is 0 Å². The third-order valence-corrected chi connectivity index (χ3v) is 5.98. The minimum Gasteiger partial charge on any atom is -0.493 e. The predicted molar refractivity (Wildman–Crippen MR) is 125 cm³/mol. The highest BCUT2D eigenvalue weighted by Crippen LogP contribution is 2.32. The number of aromatic nitrogens is 2. The standard InChI is InChI=1S/C25H28N4O3/c1-17-8-9-19(16-18(17)2)21-10-11-23(27-26-21)28-12-14-29(15-13-28)25(30)20-6-5-7-22(31-3)24(20)32-4/h5-11,16H,12-15H2,1-4H3. The maximum absolute atomic E-state index is 13.1. The zero-order valence-corrected chi connectivity index (χ0v) is 19.0. The van der Waals surface area contributed by atoms with Gasteiger partial charge in [0.1, 0.15) is 0 Å². The largest absolute Gasteiger partial charge is 0.493 e. The van der Waals surface area contributed by atoms with Crippen molar-refractivity contribution in [2.75, 3.05) is 45.3 Å². The van der Waals surface area contributed by atoms with Gasteiger partial charge in [-0.15, -0.1) is 10.2 Å². The number of para-hydroxylation sites is 1. The third kappa shape index (κ3) is 4.23. The summed E-state index contributed by atoms with van der Waals surface area (Å²) >= 11 is 0. The van der Waals surface area contributed by atoms with Crippen molar-refractivity contribution in [1.82, 2.24) is 15.1 Å². The number of nitrogens with zero attached hydrogens (tertiary/aromatic N) is 4. The SMILES string of the molecule is COc1cccc(C(=O)N2CCN(c3ccc(-c4ccc(C)c(C)c4)nn3)CC2)c1OC. The van der Waals surface area contributed by atoms with Gasteiger partial charge in [0.15, 0.2) is 17.3 Å². The molecular weight excluding hydrogens is 404 g/mol. The molecule has 7 nitrogen and oxygen atoms in total. The van der Waals surface area contributed by atoms with Crippen molar-refractivity contribution in [3.63, 3.8) is 0 Å². The minimum atomic E-state index is -0.0587. The first-order chi connectivity index (χ1) is 15.5. The first kappa shape index (κ1) is 21.6. The second-order valence-electron chi connectivity index (χ2n) is 7.90. The molecule has 0 saturated carbocycles. The van der Waals surface area contributed by atoms with Gasteiger partial charge in [0, 0.05) is 31.7 Å². The van der Waals surface area contributed by atoms with Gasteiger partial charge in [-0.05, 0) is 55.3 Å². The van der Waals surface area contributed by atoms with E-state index in [9.17, 15) is 4.79 Å². The van der Waals surface area contributed by atoms with Crippen molar-refractivity contribution in [2.24, 2.45) is 0 Å². The number of amides is 1. The van der Waals surface area contributed by atoms with Gasteiger partial charge in [-0.3, -0.25) is 4.79 Å². The molecule has 1 fully saturated rings. The van der Waals surface area contributed by atoms with Gasteiger partial charge in [-0.1, -0.05) is 18.2 Å². The van der Waals surface area contributed by atoms with Crippen LogP contribution in [0.15, 0.2) is 48.5 Å². The Morgan fingerprint density at radius 1 is 0.875 bits per heavy atom. The second-order valence-corrected chi connectivity index (χ2v) is 7.90. The summed E-state index contributed by atoms with van der Waals surface area (Å²) < 4.78 is 10.8. The average molecular weight is 433 g/mol. The zero-order valence-electron chi connectivity index (χ0n) is 19.0. The zero-order chi connectivity index (χ0) is 22.7. The number of benzene rings is 2. The molecule has 2 aromatic carbocycles. The molecule has 4 rings (SSSR count). The van der Waals surface area contributed by atoms with E-state index in [0.717, 1.165) is 17.1 Å². The van der Waals surface area contributed by atoms with Gasteiger partial charge in [0.2, 0.25) is 0 Å². The number of anilines is 1. The van der Waals surface area contributed by atoms with E-state index in [1.807, 2.05) is 17.0 Å². The van der Waals surface area contributed by atoms with Crippen LogP contribution < -0.4 is 14.4 Å². The van der Waals surface area contributed by atoms with Crippen LogP contribution >= 0.6 is 0 Å². The van der Waals surface area contributed by atoms with Gasteiger partial charge in [0.25, 0.3) is 5.91 Å². The molecule has 1 aliphatic rings. The molecule has 0 N–H and O–H groups in total. The second kappa shape index (κ2) is 9.26. The predicted octanol–water partition coefficient (Wildman–Crippen LogP) is 3.74. The molecule has 0 atom stereocenters. The number of aryl methyl sites for hydroxylation is 2. The van der Waals surface area contributed by atoms with Crippen molar-refractivity contribution in [2.45, 2.75) is 13.8 Å². The molecule has 1 aromatic heterocycles. The molecule has 1 aliphatic heterocycles. The summed E-state index contributed by atoms with van der Waals surface area (Å²) in [5.74, 6) is 1.78. The van der Waals surface area contributed by atoms with E-state index in [1.165, 1.54) is 11.1 Å². The molecule has 0 aliphatic carbocycles. The molecule has 2 heterocycles. The monoisotopic (exact) mass is 432 g/mol. The summed E-state index contributed by atoms with van der Waals surface area (Å²) in [4.78, 5) is 17.1. The summed E-state index contributed by atoms with van der Waals surface area (Å²) in [6.07, 6.45) is 0. The number of ether oxygens (including phenoxy) is 2. The Morgan fingerprint density at radius 2 is 1.66 bits per heavy atom. The number of methoxy groups -OCH3 is 2. The summed E-state index contributed by atoms with van der Waals surface area (Å²) in [6.45, 7) is 6.77. The number of carbonyl (C=O) groups excluding carboxylic acids is 1. The smallest absolute Gasteiger partial charge is 0.257 e. The first-order valence-electron chi connectivity index (χ1n) is 10.7. The Kier molecular flexibility index (Phi) is 6.25. The van der Waals surface area contributed by atoms with Crippen LogP contribution in [0.4, 0.5) is 5.82 Å². The van der Waals surface area contributed by atoms with Gasteiger partial charge >= 0.3 is 0 Å². The lowest BCUT2D eigenvalue weighted by molar-refractivity contribution is 0.0742. The Balaban J connectivity index is 1.43. The lowest BCUT2D eigenvalue weighted by Crippen LogP contribution is -2.49. The van der Waals surface area contributed by atoms with Gasteiger partial charge in [-0.2, -0.15) is 0 Å². The third-order valence-electron chi connectivity index (χ3n) is 5.98. The summed E-state index contributed by atoms with van der Waals surface area (Å²) in [6, 6.07) is 15.7. The summed E-state index contributed by atoms with van der Waals surface area (Å²) in [5, 5.41) is 8.88. The topological polar surface area (TPSA) is 67.8 Å². The molecule has 3 aromatic rings. The lowest BCUT2D eigenvalue weighted by Gasteiger charge is -2.35. The minimum absolute atomic E-state index is 0.0587. The van der Waals surface area contributed by atoms with Crippen LogP contribution in [-0.2, 0) is 0 Å². The molecule has 0 spiro atoms. The highest BCUT2D eigenvalue weighted by molar-refractivity contribution is 5.98. The maximum atomic E-state index is 13.1. The lowest BCUT2D eigenvalue weighted by atomic mass is 10.0. The van der Waals surface area contributed by atoms with Crippen LogP contribution in [0.3, 0.4) is 0 Å². The van der Waals surface area contributed by atoms with E-state index in [1.54, 1.807) is 32.4 Å². The van der Waals surface area contributed by atoms with E-state index in [4.69, 9.17) is 9.47 Å². The quantitative estimate of drug-likeness (QED) is 0.612. The highest BCUT2D eigenvalue weighted by Gasteiger charge is 2.26. The van der Waals surface area contributed by atoms with E-state index in [0.29, 0.717) is 43.2 Å². The number of rotatable bonds is 5. The van der Waals surface area contributed by atoms with Crippen LogP contribution in [0.5, 0.6) is 11.5 Å². The Bertz CT molecular complexity index is 1110. The number of hydrogen-bond acceptors (Lipinski definition) is 6. The van der Waals surface area contributed by atoms with Crippen molar-refractivity contribution in [3.8, 4) is 22.8 Å². The van der Waals surface area contributed by atoms with Crippen LogP contribution in [0.25, 0.3) is 11.3 Å². The molecule has 7 heteroatoms. The molecule has 1 amide bonds. The molecular formula is C25H28N4O3. The van der Waals surface area contributed by atoms with E-state index in [-0.39, 0.29) is 5.91 Å². The number of carbonyl (C=O) groups is 1. The average Bonchev–Trinajstić information content (AvgIpc) is 2.85. The Hall–Kier alpha value is -3.61. The first-order valence-corrected chi connectivity index (χ1v) is 10.7. The fraction of sp³-hybridized carbons (Fsp3) is 0.320. The van der Waals surface area contributed by atoms with Crippen molar-refractivity contribution >= 4 is 11.7 Å². The van der Waals surface area contributed by atoms with E-state index >= 15 is 0 Å². The van der Waals surface area contributed by atoms with Crippen LogP contribution in [0, 0.1) is 13.8 Å². The summed E-state index contributed by atoms with van der Waals surface area (Å²) in [5.41, 5.74) is 4.93. The fourth-order valence-corrected chi connectivity index (χ4v) is 3.91. The van der Waals surface area contributed by atoms with Crippen molar-refractivity contribution in [3.05, 3.63) is 65.2 Å². The molecule has 0 bridgehead atoms. The van der Waals surface area contributed by atoms with Gasteiger partial charge < -0.3 is 19.3 Å². The number of piperazine rings is 1. The molecule has 0 radical (unpaired) electrons. The molecule has 1 saturated heterocycles. The molecule has 166 valence electrons. The highest BCUT2D eigenvalue weighted by atomic mass is 16.5. The van der Waals surface area contributed by atoms with Gasteiger partial charge in [0.05, 0.1) is 25.5 Å². The van der Waals surface area contributed by atoms with Crippen LogP contribution in [0.1, 0.15) is 21.5 Å². The maximum Gasteiger partial charge on any atom is 0.257 e. The summed E-state index contributed by atoms with van der Waals surface area (Å²) in [7, 11) is 3.12. The normalized spacial score (nSPS) is 13.8. The van der Waals surface area contributed by atoms with Gasteiger partial charge in [-0.25, -0.2) is 0 Å². The van der Waals surface area contributed by atoms with E-state index < -0.39 is 0 Å². The van der Waals surface area contributed by atoms with Crippen LogP contribution in [-0.4, -0.2) is 61.4 Å². The van der Waals surface area contributed by atoms with Crippen molar-refractivity contribution < 1.29 is 14.3 Å². The number of hydrogen-bond donors (Lipinski definition) is 0. The Labute approximate surface area is 188 Å². The fourth-order valence-electron chi connectivity index (χ4n) is 3.91.